The molecule has 0 radical (unpaired) electrons. The van der Waals surface area contributed by atoms with Gasteiger partial charge in [-0.15, -0.1) is 0 Å². The Balaban J connectivity index is 1.97. The number of hydrogen-bond donors (Lipinski definition) is 1. The van der Waals surface area contributed by atoms with Gasteiger partial charge in [0.05, 0.1) is 5.41 Å². The fraction of sp³-hybridized carbons (Fsp3) is 0.923. The van der Waals surface area contributed by atoms with Gasteiger partial charge in [-0.1, -0.05) is 13.3 Å². The summed E-state index contributed by atoms with van der Waals surface area (Å²) >= 11 is 0. The molecule has 2 aliphatic rings. The molecule has 3 heteroatoms. The first-order valence-corrected chi connectivity index (χ1v) is 6.64. The number of carbonyl (C=O) groups is 1. The Morgan fingerprint density at radius 1 is 1.50 bits per heavy atom. The summed E-state index contributed by atoms with van der Waals surface area (Å²) in [7, 11) is 1.98. The molecule has 0 aromatic carbocycles. The Morgan fingerprint density at radius 3 is 2.75 bits per heavy atom. The van der Waals surface area contributed by atoms with E-state index in [2.05, 4.69) is 12.2 Å². The fourth-order valence-corrected chi connectivity index (χ4v) is 2.90. The van der Waals surface area contributed by atoms with Crippen LogP contribution in [0.4, 0.5) is 0 Å². The number of nitrogens with zero attached hydrogens (tertiary/aromatic N) is 1. The van der Waals surface area contributed by atoms with Gasteiger partial charge in [-0.2, -0.15) is 0 Å². The van der Waals surface area contributed by atoms with Gasteiger partial charge in [-0.05, 0) is 38.1 Å². The van der Waals surface area contributed by atoms with Crippen LogP contribution in [0.15, 0.2) is 0 Å². The Hall–Kier alpha value is -0.570. The number of hydrogen-bond acceptors (Lipinski definition) is 2. The highest BCUT2D eigenvalue weighted by molar-refractivity contribution is 5.83. The highest BCUT2D eigenvalue weighted by atomic mass is 16.2. The van der Waals surface area contributed by atoms with Gasteiger partial charge in [-0.25, -0.2) is 0 Å². The molecule has 1 unspecified atom stereocenters. The van der Waals surface area contributed by atoms with Crippen molar-refractivity contribution in [1.29, 1.82) is 0 Å². The smallest absolute Gasteiger partial charge is 0.229 e. The summed E-state index contributed by atoms with van der Waals surface area (Å²) in [6.45, 7) is 5.04. The van der Waals surface area contributed by atoms with Gasteiger partial charge in [0.2, 0.25) is 5.91 Å². The van der Waals surface area contributed by atoms with Crippen LogP contribution in [-0.2, 0) is 4.79 Å². The number of rotatable bonds is 5. The molecule has 1 aliphatic carbocycles. The van der Waals surface area contributed by atoms with Crippen LogP contribution in [0, 0.1) is 11.3 Å². The molecule has 1 aliphatic heterocycles. The average molecular weight is 224 g/mol. The summed E-state index contributed by atoms with van der Waals surface area (Å²) in [5, 5.41) is 3.36. The molecule has 0 spiro atoms. The van der Waals surface area contributed by atoms with Crippen molar-refractivity contribution in [3.8, 4) is 0 Å². The van der Waals surface area contributed by atoms with E-state index in [1.54, 1.807) is 0 Å². The summed E-state index contributed by atoms with van der Waals surface area (Å²) in [6, 6.07) is 0. The molecule has 0 bridgehead atoms. The van der Waals surface area contributed by atoms with Crippen LogP contribution in [0.1, 0.15) is 39.0 Å². The molecule has 1 N–H and O–H groups in total. The first-order chi connectivity index (χ1) is 7.68. The standard InChI is InChI=1S/C13H24N2O/c1-3-6-13(7-8-14-10-13)12(16)15(2)9-11-4-5-11/h11,14H,3-10H2,1-2H3. The first-order valence-electron chi connectivity index (χ1n) is 6.64. The Morgan fingerprint density at radius 2 is 2.25 bits per heavy atom. The third-order valence-electron chi connectivity index (χ3n) is 4.00. The minimum atomic E-state index is -0.0849. The lowest BCUT2D eigenvalue weighted by atomic mass is 9.81. The third-order valence-corrected chi connectivity index (χ3v) is 4.00. The normalized spacial score (nSPS) is 29.4. The molecular formula is C13H24N2O. The van der Waals surface area contributed by atoms with E-state index >= 15 is 0 Å². The third kappa shape index (κ3) is 2.40. The van der Waals surface area contributed by atoms with Gasteiger partial charge < -0.3 is 10.2 Å². The van der Waals surface area contributed by atoms with Crippen LogP contribution < -0.4 is 5.32 Å². The van der Waals surface area contributed by atoms with E-state index in [1.807, 2.05) is 11.9 Å². The van der Waals surface area contributed by atoms with Crippen molar-refractivity contribution in [3.05, 3.63) is 0 Å². The molecule has 1 atom stereocenters. The van der Waals surface area contributed by atoms with Crippen LogP contribution >= 0.6 is 0 Å². The van der Waals surface area contributed by atoms with E-state index in [1.165, 1.54) is 12.8 Å². The minimum Gasteiger partial charge on any atom is -0.345 e. The summed E-state index contributed by atoms with van der Waals surface area (Å²) in [5.41, 5.74) is -0.0849. The zero-order valence-corrected chi connectivity index (χ0v) is 10.6. The first kappa shape index (κ1) is 11.9. The minimum absolute atomic E-state index is 0.0849. The molecule has 0 aromatic rings. The number of amides is 1. The van der Waals surface area contributed by atoms with Crippen molar-refractivity contribution in [2.24, 2.45) is 11.3 Å². The Labute approximate surface area is 98.6 Å². The van der Waals surface area contributed by atoms with E-state index in [9.17, 15) is 4.79 Å². The van der Waals surface area contributed by atoms with Crippen LogP contribution in [0.25, 0.3) is 0 Å². The molecule has 1 heterocycles. The van der Waals surface area contributed by atoms with Gasteiger partial charge >= 0.3 is 0 Å². The SMILES string of the molecule is CCCC1(C(=O)N(C)CC2CC2)CCNC1. The maximum Gasteiger partial charge on any atom is 0.229 e. The second-order valence-corrected chi connectivity index (χ2v) is 5.59. The van der Waals surface area contributed by atoms with Gasteiger partial charge in [0, 0.05) is 20.1 Å². The van der Waals surface area contributed by atoms with Gasteiger partial charge in [-0.3, -0.25) is 4.79 Å². The average Bonchev–Trinajstić information content (AvgIpc) is 2.95. The van der Waals surface area contributed by atoms with E-state index in [0.717, 1.165) is 44.8 Å². The van der Waals surface area contributed by atoms with Crippen molar-refractivity contribution < 1.29 is 4.79 Å². The molecule has 2 fully saturated rings. The zero-order valence-electron chi connectivity index (χ0n) is 10.6. The lowest BCUT2D eigenvalue weighted by Crippen LogP contribution is -2.44. The molecule has 2 rings (SSSR count). The molecule has 3 nitrogen and oxygen atoms in total. The Kier molecular flexibility index (Phi) is 3.53. The van der Waals surface area contributed by atoms with Crippen molar-refractivity contribution in [2.75, 3.05) is 26.7 Å². The van der Waals surface area contributed by atoms with Crippen molar-refractivity contribution >= 4 is 5.91 Å². The predicted octanol–water partition coefficient (Wildman–Crippen LogP) is 1.63. The van der Waals surface area contributed by atoms with E-state index in [4.69, 9.17) is 0 Å². The summed E-state index contributed by atoms with van der Waals surface area (Å²) in [4.78, 5) is 14.5. The summed E-state index contributed by atoms with van der Waals surface area (Å²) in [5.74, 6) is 1.17. The maximum absolute atomic E-state index is 12.5. The second kappa shape index (κ2) is 4.74. The monoisotopic (exact) mass is 224 g/mol. The van der Waals surface area contributed by atoms with Crippen molar-refractivity contribution in [3.63, 3.8) is 0 Å². The molecule has 16 heavy (non-hydrogen) atoms. The number of nitrogens with one attached hydrogen (secondary N) is 1. The molecule has 1 saturated heterocycles. The topological polar surface area (TPSA) is 32.3 Å². The van der Waals surface area contributed by atoms with E-state index < -0.39 is 0 Å². The lowest BCUT2D eigenvalue weighted by Gasteiger charge is -2.31. The second-order valence-electron chi connectivity index (χ2n) is 5.59. The molecule has 1 amide bonds. The van der Waals surface area contributed by atoms with Crippen LogP contribution in [0.2, 0.25) is 0 Å². The summed E-state index contributed by atoms with van der Waals surface area (Å²) in [6.07, 6.45) is 5.79. The van der Waals surface area contributed by atoms with Crippen LogP contribution in [0.5, 0.6) is 0 Å². The predicted molar refractivity (Wildman–Crippen MR) is 65.2 cm³/mol. The quantitative estimate of drug-likeness (QED) is 0.770. The van der Waals surface area contributed by atoms with Crippen molar-refractivity contribution in [2.45, 2.75) is 39.0 Å². The zero-order chi connectivity index (χ0) is 11.6. The maximum atomic E-state index is 12.5. The van der Waals surface area contributed by atoms with E-state index in [-0.39, 0.29) is 5.41 Å². The highest BCUT2D eigenvalue weighted by Crippen LogP contribution is 2.35. The Bertz CT molecular complexity index is 255. The largest absolute Gasteiger partial charge is 0.345 e. The molecular weight excluding hydrogens is 200 g/mol. The van der Waals surface area contributed by atoms with Crippen LogP contribution in [0.3, 0.4) is 0 Å². The summed E-state index contributed by atoms with van der Waals surface area (Å²) < 4.78 is 0. The highest BCUT2D eigenvalue weighted by Gasteiger charge is 2.42. The van der Waals surface area contributed by atoms with E-state index in [0.29, 0.717) is 5.91 Å². The molecule has 92 valence electrons. The van der Waals surface area contributed by atoms with Crippen LogP contribution in [-0.4, -0.2) is 37.5 Å². The molecule has 1 saturated carbocycles. The lowest BCUT2D eigenvalue weighted by molar-refractivity contribution is -0.140. The fourth-order valence-electron chi connectivity index (χ4n) is 2.90. The van der Waals surface area contributed by atoms with Gasteiger partial charge in [0.1, 0.15) is 0 Å². The molecule has 0 aromatic heterocycles. The van der Waals surface area contributed by atoms with Gasteiger partial charge in [0.25, 0.3) is 0 Å². The van der Waals surface area contributed by atoms with Gasteiger partial charge in [0.15, 0.2) is 0 Å². The van der Waals surface area contributed by atoms with Crippen molar-refractivity contribution in [1.82, 2.24) is 10.2 Å². The number of carbonyl (C=O) groups excluding carboxylic acids is 1.